The van der Waals surface area contributed by atoms with Crippen LogP contribution in [0.3, 0.4) is 0 Å². The summed E-state index contributed by atoms with van der Waals surface area (Å²) in [4.78, 5) is 21.6. The molecule has 0 spiro atoms. The fourth-order valence-electron chi connectivity index (χ4n) is 0.971. The van der Waals surface area contributed by atoms with Crippen molar-refractivity contribution in [3.63, 3.8) is 0 Å². The summed E-state index contributed by atoms with van der Waals surface area (Å²) in [6.45, 7) is 3.90. The Labute approximate surface area is 160 Å². The van der Waals surface area contributed by atoms with Crippen LogP contribution in [-0.2, 0) is 4.57 Å². The second-order valence-corrected chi connectivity index (χ2v) is 6.77. The minimum Gasteiger partial charge on any atom is -0.396 e. The average Bonchev–Trinajstić information content (AvgIpc) is 2.66. The third-order valence-corrected chi connectivity index (χ3v) is 3.68. The van der Waals surface area contributed by atoms with Crippen molar-refractivity contribution in [3.8, 4) is 0 Å². The molecule has 0 fully saturated rings. The van der Waals surface area contributed by atoms with E-state index in [1.165, 1.54) is 0 Å². The maximum Gasteiger partial charge on any atom is 0.466 e. The zero-order chi connectivity index (χ0) is 22.6. The highest BCUT2D eigenvalue weighted by Crippen LogP contribution is 2.25. The van der Waals surface area contributed by atoms with Gasteiger partial charge in [-0.3, -0.25) is 0 Å². The summed E-state index contributed by atoms with van der Waals surface area (Å²) in [7, 11) is -4.64. The molecular formula is C14H39N2O10P. The van der Waals surface area contributed by atoms with Gasteiger partial charge in [-0.25, -0.2) is 4.57 Å². The third kappa shape index (κ3) is 23.8. The van der Waals surface area contributed by atoms with Crippen molar-refractivity contribution in [1.29, 1.82) is 0 Å². The highest BCUT2D eigenvalue weighted by Gasteiger charge is 2.25. The highest BCUT2D eigenvalue weighted by molar-refractivity contribution is 7.45. The Balaban J connectivity index is -0.000000138. The van der Waals surface area contributed by atoms with Gasteiger partial charge in [-0.1, -0.05) is 13.8 Å². The van der Waals surface area contributed by atoms with Crippen molar-refractivity contribution in [2.75, 3.05) is 52.7 Å². The highest BCUT2D eigenvalue weighted by atomic mass is 31.2. The fraction of sp³-hybridized carbons (Fsp3) is 1.00. The molecule has 0 rings (SSSR count). The summed E-state index contributed by atoms with van der Waals surface area (Å²) in [5.74, 6) is 0. The van der Waals surface area contributed by atoms with Crippen LogP contribution in [0.25, 0.3) is 0 Å². The minimum atomic E-state index is -4.64. The molecule has 0 aromatic heterocycles. The Hall–Kier alpha value is -0.210. The third-order valence-electron chi connectivity index (χ3n) is 3.68. The van der Waals surface area contributed by atoms with Crippen molar-refractivity contribution in [1.82, 2.24) is 0 Å². The Morgan fingerprint density at radius 1 is 0.630 bits per heavy atom. The molecule has 0 atom stereocenters. The summed E-state index contributed by atoms with van der Waals surface area (Å²) in [5.41, 5.74) is 8.47. The first-order valence-corrected chi connectivity index (χ1v) is 9.80. The smallest absolute Gasteiger partial charge is 0.396 e. The topological polar surface area (TPSA) is 251 Å². The standard InChI is InChI=1S/2C6H14O3.C2H8N2.H3O4P/c2*1-2-6(3-7,4-8)5-9;3-1-2-4;1-5(2,3)4/h2*7-9H,2-5H2,1H3;1-4H2;(H3,1,2,3,4). The van der Waals surface area contributed by atoms with Crippen LogP contribution in [-0.4, -0.2) is 98.1 Å². The summed E-state index contributed by atoms with van der Waals surface area (Å²) < 4.78 is 8.88. The van der Waals surface area contributed by atoms with Crippen molar-refractivity contribution >= 4 is 7.82 Å². The molecule has 0 bridgehead atoms. The molecule has 0 aliphatic heterocycles. The van der Waals surface area contributed by atoms with E-state index in [-0.39, 0.29) is 39.6 Å². The van der Waals surface area contributed by atoms with Crippen LogP contribution in [0.5, 0.6) is 0 Å². The zero-order valence-electron chi connectivity index (χ0n) is 16.1. The largest absolute Gasteiger partial charge is 0.466 e. The number of hydrogen-bond donors (Lipinski definition) is 11. The molecule has 13 N–H and O–H groups in total. The molecule has 170 valence electrons. The predicted molar refractivity (Wildman–Crippen MR) is 100 cm³/mol. The van der Waals surface area contributed by atoms with Gasteiger partial charge in [-0.05, 0) is 12.8 Å². The van der Waals surface area contributed by atoms with Gasteiger partial charge >= 0.3 is 7.82 Å². The molecule has 0 heterocycles. The van der Waals surface area contributed by atoms with E-state index >= 15 is 0 Å². The summed E-state index contributed by atoms with van der Waals surface area (Å²) >= 11 is 0. The summed E-state index contributed by atoms with van der Waals surface area (Å²) in [5, 5.41) is 51.9. The average molecular weight is 426 g/mol. The van der Waals surface area contributed by atoms with Crippen LogP contribution in [0.2, 0.25) is 0 Å². The first-order chi connectivity index (χ1) is 12.4. The van der Waals surface area contributed by atoms with E-state index in [1.54, 1.807) is 0 Å². The van der Waals surface area contributed by atoms with Crippen molar-refractivity contribution in [3.05, 3.63) is 0 Å². The Morgan fingerprint density at radius 2 is 0.778 bits per heavy atom. The van der Waals surface area contributed by atoms with E-state index in [4.69, 9.17) is 61.4 Å². The lowest BCUT2D eigenvalue weighted by Gasteiger charge is -2.24. The van der Waals surface area contributed by atoms with Crippen LogP contribution in [0.15, 0.2) is 0 Å². The molecule has 0 radical (unpaired) electrons. The minimum absolute atomic E-state index is 0.156. The predicted octanol–water partition coefficient (Wildman–Crippen LogP) is -3.31. The van der Waals surface area contributed by atoms with E-state index in [0.717, 1.165) is 0 Å². The quantitative estimate of drug-likeness (QED) is 0.162. The molecule has 0 saturated carbocycles. The molecule has 0 unspecified atom stereocenters. The van der Waals surface area contributed by atoms with E-state index < -0.39 is 18.7 Å². The first-order valence-electron chi connectivity index (χ1n) is 8.24. The van der Waals surface area contributed by atoms with Crippen LogP contribution in [0, 0.1) is 10.8 Å². The second kappa shape index (κ2) is 20.5. The molecular weight excluding hydrogens is 387 g/mol. The molecule has 0 aromatic rings. The maximum atomic E-state index is 8.88. The Bertz CT molecular complexity index is 271. The molecule has 12 nitrogen and oxygen atoms in total. The Morgan fingerprint density at radius 3 is 0.778 bits per heavy atom. The number of hydrogen-bond acceptors (Lipinski definition) is 9. The normalized spacial score (nSPS) is 11.3. The monoisotopic (exact) mass is 426 g/mol. The summed E-state index contributed by atoms with van der Waals surface area (Å²) in [6, 6.07) is 0. The number of aliphatic hydroxyl groups excluding tert-OH is 6. The van der Waals surface area contributed by atoms with Gasteiger partial charge in [0.2, 0.25) is 0 Å². The van der Waals surface area contributed by atoms with Crippen molar-refractivity contribution in [2.24, 2.45) is 22.3 Å². The number of aliphatic hydroxyl groups is 6. The van der Waals surface area contributed by atoms with Gasteiger partial charge in [0.05, 0.1) is 39.6 Å². The second-order valence-electron chi connectivity index (χ2n) is 5.75. The lowest BCUT2D eigenvalue weighted by molar-refractivity contribution is 0.00275. The van der Waals surface area contributed by atoms with E-state index in [0.29, 0.717) is 25.9 Å². The van der Waals surface area contributed by atoms with Crippen molar-refractivity contribution in [2.45, 2.75) is 26.7 Å². The van der Waals surface area contributed by atoms with Gasteiger partial charge in [0.1, 0.15) is 0 Å². The molecule has 27 heavy (non-hydrogen) atoms. The van der Waals surface area contributed by atoms with Gasteiger partial charge < -0.3 is 56.8 Å². The SMILES string of the molecule is CCC(CO)(CO)CO.CCC(CO)(CO)CO.NCCN.O=P(O)(O)O. The van der Waals surface area contributed by atoms with Gasteiger partial charge in [0, 0.05) is 23.9 Å². The van der Waals surface area contributed by atoms with Crippen LogP contribution in [0.4, 0.5) is 0 Å². The van der Waals surface area contributed by atoms with E-state index in [2.05, 4.69) is 0 Å². The van der Waals surface area contributed by atoms with Crippen LogP contribution < -0.4 is 11.5 Å². The molecule has 0 amide bonds. The fourth-order valence-corrected chi connectivity index (χ4v) is 0.971. The molecule has 0 aliphatic rings. The molecule has 0 saturated heterocycles. The van der Waals surface area contributed by atoms with Crippen molar-refractivity contribution < 1.29 is 49.9 Å². The molecule has 13 heteroatoms. The van der Waals surface area contributed by atoms with Gasteiger partial charge in [-0.2, -0.15) is 0 Å². The lowest BCUT2D eigenvalue weighted by atomic mass is 9.88. The maximum absolute atomic E-state index is 8.88. The first kappa shape index (κ1) is 34.3. The molecule has 0 aliphatic carbocycles. The Kier molecular flexibility index (Phi) is 26.1. The number of phosphoric acid groups is 1. The number of nitrogens with two attached hydrogens (primary N) is 2. The zero-order valence-corrected chi connectivity index (χ0v) is 17.0. The van der Waals surface area contributed by atoms with Crippen LogP contribution in [0.1, 0.15) is 26.7 Å². The van der Waals surface area contributed by atoms with Gasteiger partial charge in [0.25, 0.3) is 0 Å². The van der Waals surface area contributed by atoms with E-state index in [1.807, 2.05) is 13.8 Å². The van der Waals surface area contributed by atoms with Crippen LogP contribution >= 0.6 is 7.82 Å². The number of rotatable bonds is 9. The summed E-state index contributed by atoms with van der Waals surface area (Å²) in [6.07, 6.45) is 1.19. The van der Waals surface area contributed by atoms with E-state index in [9.17, 15) is 0 Å². The molecule has 0 aromatic carbocycles. The van der Waals surface area contributed by atoms with Gasteiger partial charge in [-0.15, -0.1) is 0 Å². The van der Waals surface area contributed by atoms with Gasteiger partial charge in [0.15, 0.2) is 0 Å². The lowest BCUT2D eigenvalue weighted by Crippen LogP contribution is -2.32.